The third kappa shape index (κ3) is 3.53. The fourth-order valence-electron chi connectivity index (χ4n) is 2.88. The van der Waals surface area contributed by atoms with E-state index in [-0.39, 0.29) is 23.9 Å². The van der Waals surface area contributed by atoms with Crippen molar-refractivity contribution >= 4 is 12.4 Å². The highest BCUT2D eigenvalue weighted by Crippen LogP contribution is 2.40. The molecular formula is C14H22ClNO2. The molecule has 0 amide bonds. The molecule has 1 fully saturated rings. The van der Waals surface area contributed by atoms with Gasteiger partial charge >= 0.3 is 0 Å². The molecule has 4 N–H and O–H groups in total. The molecule has 102 valence electrons. The Balaban J connectivity index is 0.00000162. The number of aromatic hydroxyl groups is 2. The van der Waals surface area contributed by atoms with E-state index in [1.807, 2.05) is 6.07 Å². The molecule has 1 saturated carbocycles. The van der Waals surface area contributed by atoms with E-state index in [9.17, 15) is 10.2 Å². The number of phenolic OH excluding ortho intramolecular Hbond substituents is 2. The van der Waals surface area contributed by atoms with Gasteiger partial charge < -0.3 is 15.9 Å². The maximum Gasteiger partial charge on any atom is 0.122 e. The lowest BCUT2D eigenvalue weighted by Gasteiger charge is -2.28. The quantitative estimate of drug-likeness (QED) is 0.791. The van der Waals surface area contributed by atoms with Gasteiger partial charge in [0.1, 0.15) is 11.5 Å². The molecule has 0 bridgehead atoms. The van der Waals surface area contributed by atoms with Crippen LogP contribution in [0.2, 0.25) is 0 Å². The fraction of sp³-hybridized carbons (Fsp3) is 0.571. The first-order valence-corrected chi connectivity index (χ1v) is 6.42. The van der Waals surface area contributed by atoms with E-state index in [1.54, 1.807) is 6.07 Å². The Morgan fingerprint density at radius 2 is 1.78 bits per heavy atom. The highest BCUT2D eigenvalue weighted by Gasteiger charge is 2.23. The molecule has 1 aliphatic rings. The van der Waals surface area contributed by atoms with Crippen molar-refractivity contribution in [3.8, 4) is 11.5 Å². The predicted octanol–water partition coefficient (Wildman–Crippen LogP) is 3.14. The van der Waals surface area contributed by atoms with E-state index in [4.69, 9.17) is 5.73 Å². The van der Waals surface area contributed by atoms with Gasteiger partial charge in [-0.3, -0.25) is 0 Å². The molecule has 1 aromatic rings. The topological polar surface area (TPSA) is 66.5 Å². The highest BCUT2D eigenvalue weighted by atomic mass is 35.5. The molecule has 2 rings (SSSR count). The molecule has 0 aliphatic heterocycles. The zero-order valence-electron chi connectivity index (χ0n) is 10.5. The molecule has 1 aliphatic carbocycles. The minimum Gasteiger partial charge on any atom is -0.508 e. The Bertz CT molecular complexity index is 376. The van der Waals surface area contributed by atoms with Crippen LogP contribution in [0.4, 0.5) is 0 Å². The lowest BCUT2D eigenvalue weighted by atomic mass is 9.77. The Morgan fingerprint density at radius 1 is 1.11 bits per heavy atom. The van der Waals surface area contributed by atoms with Crippen molar-refractivity contribution in [2.45, 2.75) is 38.0 Å². The van der Waals surface area contributed by atoms with Crippen LogP contribution >= 0.6 is 12.4 Å². The number of halogens is 1. The molecule has 1 aromatic carbocycles. The van der Waals surface area contributed by atoms with Crippen LogP contribution in [0.3, 0.4) is 0 Å². The Morgan fingerprint density at radius 3 is 2.33 bits per heavy atom. The van der Waals surface area contributed by atoms with Crippen molar-refractivity contribution < 1.29 is 10.2 Å². The number of hydrogen-bond acceptors (Lipinski definition) is 3. The smallest absolute Gasteiger partial charge is 0.122 e. The lowest BCUT2D eigenvalue weighted by molar-refractivity contribution is 0.308. The van der Waals surface area contributed by atoms with Crippen LogP contribution in [0, 0.1) is 5.92 Å². The predicted molar refractivity (Wildman–Crippen MR) is 75.4 cm³/mol. The van der Waals surface area contributed by atoms with E-state index >= 15 is 0 Å². The lowest BCUT2D eigenvalue weighted by Crippen LogP contribution is -2.16. The number of hydrogen-bond donors (Lipinski definition) is 3. The number of phenols is 2. The van der Waals surface area contributed by atoms with Crippen molar-refractivity contribution in [2.24, 2.45) is 11.7 Å². The Kier molecular flexibility index (Phi) is 5.76. The average molecular weight is 272 g/mol. The maximum atomic E-state index is 9.83. The third-order valence-electron chi connectivity index (χ3n) is 3.88. The van der Waals surface area contributed by atoms with Gasteiger partial charge in [0.15, 0.2) is 0 Å². The summed E-state index contributed by atoms with van der Waals surface area (Å²) in [7, 11) is 0. The van der Waals surface area contributed by atoms with Crippen molar-refractivity contribution in [3.05, 3.63) is 23.8 Å². The maximum absolute atomic E-state index is 9.83. The van der Waals surface area contributed by atoms with E-state index in [2.05, 4.69) is 0 Å². The van der Waals surface area contributed by atoms with Crippen LogP contribution in [0.25, 0.3) is 0 Å². The van der Waals surface area contributed by atoms with E-state index in [0.29, 0.717) is 5.92 Å². The van der Waals surface area contributed by atoms with E-state index in [1.165, 1.54) is 18.9 Å². The molecule has 0 atom stereocenters. The number of benzene rings is 1. The van der Waals surface area contributed by atoms with Crippen molar-refractivity contribution in [1.82, 2.24) is 0 Å². The molecule has 3 nitrogen and oxygen atoms in total. The number of rotatable bonds is 3. The van der Waals surface area contributed by atoms with Gasteiger partial charge in [-0.05, 0) is 62.1 Å². The molecule has 0 aromatic heterocycles. The molecule has 4 heteroatoms. The second kappa shape index (κ2) is 6.86. The largest absolute Gasteiger partial charge is 0.508 e. The van der Waals surface area contributed by atoms with Gasteiger partial charge in [0.2, 0.25) is 0 Å². The standard InChI is InChI=1S/C14H21NO2.ClH/c15-8-7-10-1-3-11(4-2-10)13-6-5-12(16)9-14(13)17;/h5-6,9-11,16-17H,1-4,7-8,15H2;1H. The zero-order chi connectivity index (χ0) is 12.3. The van der Waals surface area contributed by atoms with E-state index < -0.39 is 0 Å². The highest BCUT2D eigenvalue weighted by molar-refractivity contribution is 5.85. The molecule has 0 saturated heterocycles. The van der Waals surface area contributed by atoms with Crippen molar-refractivity contribution in [3.63, 3.8) is 0 Å². The van der Waals surface area contributed by atoms with Crippen LogP contribution < -0.4 is 5.73 Å². The first kappa shape index (κ1) is 15.1. The van der Waals surface area contributed by atoms with Gasteiger partial charge in [-0.1, -0.05) is 6.07 Å². The van der Waals surface area contributed by atoms with Crippen molar-refractivity contribution in [1.29, 1.82) is 0 Å². The summed E-state index contributed by atoms with van der Waals surface area (Å²) in [5.74, 6) is 1.55. The van der Waals surface area contributed by atoms with Gasteiger partial charge in [-0.2, -0.15) is 0 Å². The second-order valence-corrected chi connectivity index (χ2v) is 5.04. The summed E-state index contributed by atoms with van der Waals surface area (Å²) in [6.45, 7) is 0.778. The minimum atomic E-state index is 0. The van der Waals surface area contributed by atoms with Gasteiger partial charge in [-0.15, -0.1) is 12.4 Å². The van der Waals surface area contributed by atoms with Gasteiger partial charge in [0.25, 0.3) is 0 Å². The van der Waals surface area contributed by atoms with Crippen LogP contribution in [-0.2, 0) is 0 Å². The summed E-state index contributed by atoms with van der Waals surface area (Å²) in [5.41, 5.74) is 6.56. The van der Waals surface area contributed by atoms with E-state index in [0.717, 1.165) is 37.3 Å². The summed E-state index contributed by atoms with van der Waals surface area (Å²) in [6, 6.07) is 4.93. The molecule has 0 unspecified atom stereocenters. The summed E-state index contributed by atoms with van der Waals surface area (Å²) in [6.07, 6.45) is 5.74. The monoisotopic (exact) mass is 271 g/mol. The summed E-state index contributed by atoms with van der Waals surface area (Å²) >= 11 is 0. The van der Waals surface area contributed by atoms with Crippen LogP contribution in [0.15, 0.2) is 18.2 Å². The van der Waals surface area contributed by atoms with Crippen molar-refractivity contribution in [2.75, 3.05) is 6.54 Å². The first-order valence-electron chi connectivity index (χ1n) is 6.42. The molecule has 18 heavy (non-hydrogen) atoms. The molecule has 0 spiro atoms. The second-order valence-electron chi connectivity index (χ2n) is 5.04. The van der Waals surface area contributed by atoms with Crippen LogP contribution in [0.5, 0.6) is 11.5 Å². The summed E-state index contributed by atoms with van der Waals surface area (Å²) < 4.78 is 0. The van der Waals surface area contributed by atoms with Gasteiger partial charge in [0, 0.05) is 6.07 Å². The zero-order valence-corrected chi connectivity index (χ0v) is 11.3. The average Bonchev–Trinajstić information content (AvgIpc) is 2.31. The SMILES string of the molecule is Cl.NCCC1CCC(c2ccc(O)cc2O)CC1. The third-order valence-corrected chi connectivity index (χ3v) is 3.88. The summed E-state index contributed by atoms with van der Waals surface area (Å²) in [4.78, 5) is 0. The summed E-state index contributed by atoms with van der Waals surface area (Å²) in [5, 5.41) is 19.1. The molecule has 0 radical (unpaired) electrons. The van der Waals surface area contributed by atoms with Crippen LogP contribution in [-0.4, -0.2) is 16.8 Å². The molecular weight excluding hydrogens is 250 g/mol. The fourth-order valence-corrected chi connectivity index (χ4v) is 2.88. The Hall–Kier alpha value is -0.930. The first-order chi connectivity index (χ1) is 8.20. The normalized spacial score (nSPS) is 23.4. The minimum absolute atomic E-state index is 0. The van der Waals surface area contributed by atoms with Gasteiger partial charge in [-0.25, -0.2) is 0 Å². The van der Waals surface area contributed by atoms with Crippen LogP contribution in [0.1, 0.15) is 43.6 Å². The number of nitrogens with two attached hydrogens (primary N) is 1. The molecule has 0 heterocycles. The van der Waals surface area contributed by atoms with Gasteiger partial charge in [0.05, 0.1) is 0 Å². The Labute approximate surface area is 114 Å².